The molecule has 4 heteroatoms. The standard InChI is InChI=1S/C16H15O3S/c1-2-4-14-13(3-1)18-15-6-5-12(11-16(15)19-14)20-9-7-17-8-10-20/h1-6,11H,7-10H2/q+1. The molecule has 0 aliphatic carbocycles. The molecule has 0 N–H and O–H groups in total. The van der Waals surface area contributed by atoms with Crippen LogP contribution in [-0.4, -0.2) is 24.7 Å². The van der Waals surface area contributed by atoms with Gasteiger partial charge in [0.15, 0.2) is 27.9 Å². The van der Waals surface area contributed by atoms with Crippen LogP contribution in [0.1, 0.15) is 0 Å². The number of benzene rings is 2. The van der Waals surface area contributed by atoms with E-state index in [-0.39, 0.29) is 10.9 Å². The van der Waals surface area contributed by atoms with Crippen LogP contribution in [0.5, 0.6) is 23.0 Å². The van der Waals surface area contributed by atoms with Gasteiger partial charge in [-0.25, -0.2) is 0 Å². The molecule has 1 fully saturated rings. The summed E-state index contributed by atoms with van der Waals surface area (Å²) < 4.78 is 17.3. The van der Waals surface area contributed by atoms with Crippen LogP contribution in [0.2, 0.25) is 0 Å². The fourth-order valence-electron chi connectivity index (χ4n) is 2.45. The Hall–Kier alpha value is -1.65. The van der Waals surface area contributed by atoms with Gasteiger partial charge in [0.25, 0.3) is 0 Å². The molecular formula is C16H15O3S+. The lowest BCUT2D eigenvalue weighted by Gasteiger charge is -2.21. The predicted octanol–water partition coefficient (Wildman–Crippen LogP) is 3.59. The van der Waals surface area contributed by atoms with Crippen LogP contribution in [0.25, 0.3) is 0 Å². The predicted molar refractivity (Wildman–Crippen MR) is 79.2 cm³/mol. The summed E-state index contributed by atoms with van der Waals surface area (Å²) in [6, 6.07) is 14.1. The minimum atomic E-state index is 0.276. The van der Waals surface area contributed by atoms with Crippen molar-refractivity contribution in [1.29, 1.82) is 0 Å². The Kier molecular flexibility index (Phi) is 3.05. The molecule has 102 valence electrons. The van der Waals surface area contributed by atoms with E-state index in [1.165, 1.54) is 4.90 Å². The second-order valence-electron chi connectivity index (χ2n) is 4.77. The molecule has 0 spiro atoms. The minimum absolute atomic E-state index is 0.276. The second kappa shape index (κ2) is 5.04. The number of ether oxygens (including phenoxy) is 3. The minimum Gasteiger partial charge on any atom is -0.450 e. The van der Waals surface area contributed by atoms with Gasteiger partial charge in [-0.2, -0.15) is 0 Å². The van der Waals surface area contributed by atoms with Crippen LogP contribution in [0.15, 0.2) is 47.4 Å². The molecule has 2 aliphatic rings. The highest BCUT2D eigenvalue weighted by Gasteiger charge is 2.28. The average molecular weight is 287 g/mol. The van der Waals surface area contributed by atoms with Crippen molar-refractivity contribution < 1.29 is 14.2 Å². The summed E-state index contributed by atoms with van der Waals surface area (Å²) >= 11 is 0. The average Bonchev–Trinajstić information content (AvgIpc) is 2.53. The molecule has 2 aliphatic heterocycles. The Bertz CT molecular complexity index is 635. The first kappa shape index (κ1) is 12.1. The summed E-state index contributed by atoms with van der Waals surface area (Å²) in [6.07, 6.45) is 0. The van der Waals surface area contributed by atoms with Gasteiger partial charge < -0.3 is 14.2 Å². The summed E-state index contributed by atoms with van der Waals surface area (Å²) in [5.74, 6) is 5.39. The van der Waals surface area contributed by atoms with E-state index in [2.05, 4.69) is 12.1 Å². The van der Waals surface area contributed by atoms with Gasteiger partial charge in [-0.1, -0.05) is 12.1 Å². The molecule has 0 radical (unpaired) electrons. The molecule has 2 heterocycles. The van der Waals surface area contributed by atoms with E-state index in [9.17, 15) is 0 Å². The molecular weight excluding hydrogens is 272 g/mol. The van der Waals surface area contributed by atoms with Gasteiger partial charge in [0.05, 0.1) is 13.2 Å². The molecule has 1 saturated heterocycles. The van der Waals surface area contributed by atoms with Gasteiger partial charge in [0.2, 0.25) is 0 Å². The summed E-state index contributed by atoms with van der Waals surface area (Å²) in [5.41, 5.74) is 0. The number of para-hydroxylation sites is 2. The number of hydrogen-bond donors (Lipinski definition) is 0. The molecule has 0 saturated carbocycles. The smallest absolute Gasteiger partial charge is 0.175 e. The van der Waals surface area contributed by atoms with Gasteiger partial charge in [-0.3, -0.25) is 0 Å². The van der Waals surface area contributed by atoms with Crippen LogP contribution in [0.4, 0.5) is 0 Å². The monoisotopic (exact) mass is 287 g/mol. The van der Waals surface area contributed by atoms with Crippen molar-refractivity contribution >= 4 is 10.9 Å². The quantitative estimate of drug-likeness (QED) is 0.640. The third-order valence-corrected chi connectivity index (χ3v) is 5.73. The van der Waals surface area contributed by atoms with Gasteiger partial charge in [0, 0.05) is 17.0 Å². The largest absolute Gasteiger partial charge is 0.450 e. The van der Waals surface area contributed by atoms with E-state index in [1.54, 1.807) is 0 Å². The van der Waals surface area contributed by atoms with Crippen LogP contribution in [0, 0.1) is 0 Å². The van der Waals surface area contributed by atoms with Crippen molar-refractivity contribution in [3.63, 3.8) is 0 Å². The van der Waals surface area contributed by atoms with E-state index in [0.29, 0.717) is 0 Å². The molecule has 20 heavy (non-hydrogen) atoms. The van der Waals surface area contributed by atoms with E-state index in [0.717, 1.165) is 47.7 Å². The first-order valence-electron chi connectivity index (χ1n) is 6.74. The van der Waals surface area contributed by atoms with Gasteiger partial charge >= 0.3 is 0 Å². The third kappa shape index (κ3) is 2.15. The zero-order chi connectivity index (χ0) is 13.4. The van der Waals surface area contributed by atoms with Crippen molar-refractivity contribution in [2.45, 2.75) is 4.90 Å². The van der Waals surface area contributed by atoms with Crippen LogP contribution >= 0.6 is 0 Å². The molecule has 0 aromatic heterocycles. The van der Waals surface area contributed by atoms with Crippen molar-refractivity contribution in [3.05, 3.63) is 42.5 Å². The maximum atomic E-state index is 5.96. The molecule has 4 rings (SSSR count). The third-order valence-electron chi connectivity index (χ3n) is 3.49. The maximum Gasteiger partial charge on any atom is 0.175 e. The fraction of sp³-hybridized carbons (Fsp3) is 0.250. The lowest BCUT2D eigenvalue weighted by molar-refractivity contribution is 0.159. The van der Waals surface area contributed by atoms with Crippen LogP contribution in [-0.2, 0) is 15.6 Å². The maximum absolute atomic E-state index is 5.96. The van der Waals surface area contributed by atoms with E-state index in [4.69, 9.17) is 14.2 Å². The summed E-state index contributed by atoms with van der Waals surface area (Å²) in [7, 11) is 0.276. The van der Waals surface area contributed by atoms with Gasteiger partial charge in [-0.05, 0) is 24.3 Å². The molecule has 3 nitrogen and oxygen atoms in total. The first-order chi connectivity index (χ1) is 9.90. The molecule has 0 atom stereocenters. The molecule has 0 unspecified atom stereocenters. The van der Waals surface area contributed by atoms with Crippen LogP contribution in [0.3, 0.4) is 0 Å². The Morgan fingerprint density at radius 2 is 1.40 bits per heavy atom. The second-order valence-corrected chi connectivity index (χ2v) is 7.05. The first-order valence-corrected chi connectivity index (χ1v) is 8.30. The molecule has 0 amide bonds. The van der Waals surface area contributed by atoms with Gasteiger partial charge in [-0.15, -0.1) is 0 Å². The van der Waals surface area contributed by atoms with Crippen molar-refractivity contribution in [3.8, 4) is 23.0 Å². The van der Waals surface area contributed by atoms with Crippen molar-refractivity contribution in [2.75, 3.05) is 24.7 Å². The lowest BCUT2D eigenvalue weighted by Crippen LogP contribution is -2.26. The topological polar surface area (TPSA) is 27.7 Å². The Morgan fingerprint density at radius 1 is 0.750 bits per heavy atom. The fourth-order valence-corrected chi connectivity index (χ4v) is 4.29. The zero-order valence-corrected chi connectivity index (χ0v) is 11.8. The lowest BCUT2D eigenvalue weighted by atomic mass is 10.2. The molecule has 2 aromatic carbocycles. The highest BCUT2D eigenvalue weighted by atomic mass is 32.2. The van der Waals surface area contributed by atoms with Crippen molar-refractivity contribution in [2.24, 2.45) is 0 Å². The number of hydrogen-bond acceptors (Lipinski definition) is 3. The van der Waals surface area contributed by atoms with Crippen molar-refractivity contribution in [1.82, 2.24) is 0 Å². The molecule has 2 aromatic rings. The highest BCUT2D eigenvalue weighted by molar-refractivity contribution is 7.97. The van der Waals surface area contributed by atoms with E-state index < -0.39 is 0 Å². The normalized spacial score (nSPS) is 17.6. The Morgan fingerprint density at radius 3 is 2.15 bits per heavy atom. The number of rotatable bonds is 1. The summed E-state index contributed by atoms with van der Waals surface area (Å²) in [6.45, 7) is 1.72. The summed E-state index contributed by atoms with van der Waals surface area (Å²) in [4.78, 5) is 1.34. The molecule has 0 bridgehead atoms. The van der Waals surface area contributed by atoms with E-state index in [1.807, 2.05) is 30.3 Å². The number of fused-ring (bicyclic) bond motifs is 2. The highest BCUT2D eigenvalue weighted by Crippen LogP contribution is 2.45. The Balaban J connectivity index is 1.65. The van der Waals surface area contributed by atoms with Gasteiger partial charge in [0.1, 0.15) is 11.5 Å². The summed E-state index contributed by atoms with van der Waals surface area (Å²) in [5, 5.41) is 0. The Labute approximate surface area is 120 Å². The van der Waals surface area contributed by atoms with E-state index >= 15 is 0 Å². The SMILES string of the molecule is c1ccc2c(c1)Oc1ccc([S+]3CCOCC3)cc1O2. The zero-order valence-electron chi connectivity index (χ0n) is 11.0. The van der Waals surface area contributed by atoms with Crippen LogP contribution < -0.4 is 9.47 Å².